The molecular weight excluding hydrogens is 324 g/mol. The maximum Gasteiger partial charge on any atom is 0.322 e. The molecular formula is C22H30N2O2. The van der Waals surface area contributed by atoms with Crippen LogP contribution in [0.3, 0.4) is 0 Å². The summed E-state index contributed by atoms with van der Waals surface area (Å²) in [6.45, 7) is 12.5. The smallest absolute Gasteiger partial charge is 0.322 e. The van der Waals surface area contributed by atoms with Crippen molar-refractivity contribution in [2.75, 3.05) is 5.32 Å². The van der Waals surface area contributed by atoms with E-state index in [4.69, 9.17) is 4.74 Å². The van der Waals surface area contributed by atoms with E-state index < -0.39 is 6.23 Å². The molecule has 140 valence electrons. The standard InChI is InChI=1S/C22H30N2O2/c1-15(2)19-9-7-8-10-20(19)26-16(3)23-21(25)24-18-13-11-17(12-14-18)22(4,5)6/h7-16H,1-6H3,(H2,23,24,25). The minimum Gasteiger partial charge on any atom is -0.471 e. The van der Waals surface area contributed by atoms with Gasteiger partial charge in [0.2, 0.25) is 0 Å². The van der Waals surface area contributed by atoms with Crippen LogP contribution in [0.4, 0.5) is 10.5 Å². The molecule has 2 N–H and O–H groups in total. The quantitative estimate of drug-likeness (QED) is 0.681. The van der Waals surface area contributed by atoms with Crippen LogP contribution >= 0.6 is 0 Å². The number of hydrogen-bond acceptors (Lipinski definition) is 2. The molecule has 0 aliphatic carbocycles. The van der Waals surface area contributed by atoms with Crippen LogP contribution < -0.4 is 15.4 Å². The summed E-state index contributed by atoms with van der Waals surface area (Å²) in [5.74, 6) is 1.15. The SMILES string of the molecule is CC(NC(=O)Nc1ccc(C(C)(C)C)cc1)Oc1ccccc1C(C)C. The van der Waals surface area contributed by atoms with E-state index in [1.165, 1.54) is 5.56 Å². The van der Waals surface area contributed by atoms with Gasteiger partial charge in [0.05, 0.1) is 0 Å². The number of benzene rings is 2. The summed E-state index contributed by atoms with van der Waals surface area (Å²) in [5.41, 5.74) is 3.20. The van der Waals surface area contributed by atoms with Crippen LogP contribution in [0.5, 0.6) is 5.75 Å². The minimum absolute atomic E-state index is 0.0902. The Kier molecular flexibility index (Phi) is 6.30. The van der Waals surface area contributed by atoms with Gasteiger partial charge in [0.15, 0.2) is 6.23 Å². The first-order chi connectivity index (χ1) is 12.2. The molecule has 0 saturated heterocycles. The summed E-state index contributed by atoms with van der Waals surface area (Å²) in [6, 6.07) is 15.5. The summed E-state index contributed by atoms with van der Waals surface area (Å²) in [4.78, 5) is 12.2. The molecule has 26 heavy (non-hydrogen) atoms. The zero-order valence-electron chi connectivity index (χ0n) is 16.6. The highest BCUT2D eigenvalue weighted by atomic mass is 16.5. The Hall–Kier alpha value is -2.49. The summed E-state index contributed by atoms with van der Waals surface area (Å²) in [6.07, 6.45) is -0.441. The van der Waals surface area contributed by atoms with Crippen LogP contribution in [0.2, 0.25) is 0 Å². The van der Waals surface area contributed by atoms with E-state index in [9.17, 15) is 4.79 Å². The van der Waals surface area contributed by atoms with Crippen LogP contribution in [-0.4, -0.2) is 12.3 Å². The average Bonchev–Trinajstić information content (AvgIpc) is 2.54. The molecule has 0 aliphatic heterocycles. The lowest BCUT2D eigenvalue weighted by molar-refractivity contribution is 0.181. The molecule has 0 radical (unpaired) electrons. The van der Waals surface area contributed by atoms with E-state index in [-0.39, 0.29) is 11.4 Å². The number of nitrogens with one attached hydrogen (secondary N) is 2. The van der Waals surface area contributed by atoms with Gasteiger partial charge in [0.1, 0.15) is 5.75 Å². The molecule has 0 heterocycles. The van der Waals surface area contributed by atoms with E-state index in [2.05, 4.69) is 45.3 Å². The van der Waals surface area contributed by atoms with Crippen LogP contribution in [0, 0.1) is 0 Å². The van der Waals surface area contributed by atoms with Gasteiger partial charge in [-0.1, -0.05) is 65.0 Å². The molecule has 4 nitrogen and oxygen atoms in total. The first-order valence-corrected chi connectivity index (χ1v) is 9.10. The molecule has 2 aromatic rings. The Morgan fingerprint density at radius 3 is 2.15 bits per heavy atom. The van der Waals surface area contributed by atoms with E-state index >= 15 is 0 Å². The maximum absolute atomic E-state index is 12.2. The van der Waals surface area contributed by atoms with Crippen LogP contribution in [0.15, 0.2) is 48.5 Å². The van der Waals surface area contributed by atoms with Crippen molar-refractivity contribution in [1.82, 2.24) is 5.32 Å². The monoisotopic (exact) mass is 354 g/mol. The van der Waals surface area contributed by atoms with Crippen molar-refractivity contribution < 1.29 is 9.53 Å². The first-order valence-electron chi connectivity index (χ1n) is 9.10. The predicted octanol–water partition coefficient (Wildman–Crippen LogP) is 5.65. The van der Waals surface area contributed by atoms with E-state index in [1.807, 2.05) is 55.5 Å². The predicted molar refractivity (Wildman–Crippen MR) is 108 cm³/mol. The fourth-order valence-corrected chi connectivity index (χ4v) is 2.69. The molecule has 1 atom stereocenters. The molecule has 2 aromatic carbocycles. The lowest BCUT2D eigenvalue weighted by Gasteiger charge is -2.21. The van der Waals surface area contributed by atoms with Crippen molar-refractivity contribution in [3.63, 3.8) is 0 Å². The molecule has 2 amide bonds. The second-order valence-corrected chi connectivity index (χ2v) is 7.88. The van der Waals surface area contributed by atoms with Gasteiger partial charge >= 0.3 is 6.03 Å². The molecule has 0 aliphatic rings. The van der Waals surface area contributed by atoms with Crippen molar-refractivity contribution in [3.8, 4) is 5.75 Å². The van der Waals surface area contributed by atoms with Crippen LogP contribution in [-0.2, 0) is 5.41 Å². The lowest BCUT2D eigenvalue weighted by Crippen LogP contribution is -2.39. The molecule has 0 saturated carbocycles. The fraction of sp³-hybridized carbons (Fsp3) is 0.409. The Bertz CT molecular complexity index is 731. The second kappa shape index (κ2) is 8.26. The largest absolute Gasteiger partial charge is 0.471 e. The number of para-hydroxylation sites is 1. The van der Waals surface area contributed by atoms with Crippen molar-refractivity contribution >= 4 is 11.7 Å². The lowest BCUT2D eigenvalue weighted by atomic mass is 9.87. The second-order valence-electron chi connectivity index (χ2n) is 7.88. The highest BCUT2D eigenvalue weighted by Crippen LogP contribution is 2.26. The Morgan fingerprint density at radius 1 is 0.962 bits per heavy atom. The van der Waals surface area contributed by atoms with Gasteiger partial charge in [0, 0.05) is 5.69 Å². The summed E-state index contributed by atoms with van der Waals surface area (Å²) >= 11 is 0. The molecule has 0 aromatic heterocycles. The van der Waals surface area contributed by atoms with Crippen molar-refractivity contribution in [2.45, 2.75) is 59.1 Å². The third-order valence-electron chi connectivity index (χ3n) is 4.19. The number of anilines is 1. The summed E-state index contributed by atoms with van der Waals surface area (Å²) < 4.78 is 5.91. The van der Waals surface area contributed by atoms with Crippen molar-refractivity contribution in [1.29, 1.82) is 0 Å². The number of hydrogen-bond donors (Lipinski definition) is 2. The average molecular weight is 354 g/mol. The summed E-state index contributed by atoms with van der Waals surface area (Å²) in [7, 11) is 0. The fourth-order valence-electron chi connectivity index (χ4n) is 2.69. The molecule has 4 heteroatoms. The Labute approximate surface area is 157 Å². The minimum atomic E-state index is -0.441. The van der Waals surface area contributed by atoms with Crippen molar-refractivity contribution in [3.05, 3.63) is 59.7 Å². The number of urea groups is 1. The first kappa shape index (κ1) is 19.8. The van der Waals surface area contributed by atoms with Gasteiger partial charge < -0.3 is 15.4 Å². The number of ether oxygens (including phenoxy) is 1. The van der Waals surface area contributed by atoms with E-state index in [1.54, 1.807) is 0 Å². The van der Waals surface area contributed by atoms with Gasteiger partial charge in [-0.15, -0.1) is 0 Å². The number of carbonyl (C=O) groups is 1. The highest BCUT2D eigenvalue weighted by molar-refractivity contribution is 5.89. The van der Waals surface area contributed by atoms with Gasteiger partial charge in [-0.3, -0.25) is 0 Å². The summed E-state index contributed by atoms with van der Waals surface area (Å²) in [5, 5.41) is 5.66. The van der Waals surface area contributed by atoms with E-state index in [0.717, 1.165) is 17.0 Å². The Morgan fingerprint density at radius 2 is 1.58 bits per heavy atom. The molecule has 0 bridgehead atoms. The number of rotatable bonds is 5. The van der Waals surface area contributed by atoms with Crippen molar-refractivity contribution in [2.24, 2.45) is 0 Å². The van der Waals surface area contributed by atoms with E-state index in [0.29, 0.717) is 5.92 Å². The molecule has 0 spiro atoms. The number of amides is 2. The topological polar surface area (TPSA) is 50.4 Å². The maximum atomic E-state index is 12.2. The van der Waals surface area contributed by atoms with Crippen LogP contribution in [0.25, 0.3) is 0 Å². The highest BCUT2D eigenvalue weighted by Gasteiger charge is 2.15. The van der Waals surface area contributed by atoms with Gasteiger partial charge in [-0.05, 0) is 47.6 Å². The zero-order valence-corrected chi connectivity index (χ0v) is 16.6. The molecule has 1 unspecified atom stereocenters. The Balaban J connectivity index is 1.93. The van der Waals surface area contributed by atoms with Gasteiger partial charge in [-0.2, -0.15) is 0 Å². The third-order valence-corrected chi connectivity index (χ3v) is 4.19. The van der Waals surface area contributed by atoms with Gasteiger partial charge in [0.25, 0.3) is 0 Å². The zero-order chi connectivity index (χ0) is 19.3. The molecule has 2 rings (SSSR count). The third kappa shape index (κ3) is 5.51. The normalized spacial score (nSPS) is 12.6. The molecule has 0 fully saturated rings. The number of carbonyl (C=O) groups excluding carboxylic acids is 1. The van der Waals surface area contributed by atoms with Gasteiger partial charge in [-0.25, -0.2) is 4.79 Å². The van der Waals surface area contributed by atoms with Crippen LogP contribution in [0.1, 0.15) is 58.6 Å².